The maximum atomic E-state index is 2.42. The van der Waals surface area contributed by atoms with Gasteiger partial charge in [-0.3, -0.25) is 0 Å². The molecular formula is C64H36S3. The van der Waals surface area contributed by atoms with Crippen LogP contribution >= 0.6 is 34.0 Å². The minimum atomic E-state index is 1.26. The minimum absolute atomic E-state index is 1.26. The Labute approximate surface area is 397 Å². The van der Waals surface area contributed by atoms with Crippen molar-refractivity contribution in [3.63, 3.8) is 0 Å². The van der Waals surface area contributed by atoms with E-state index in [1.165, 1.54) is 148 Å². The van der Waals surface area contributed by atoms with E-state index in [0.717, 1.165) is 0 Å². The molecule has 12 aromatic carbocycles. The predicted molar refractivity (Wildman–Crippen MR) is 297 cm³/mol. The van der Waals surface area contributed by atoms with Gasteiger partial charge in [-0.15, -0.1) is 34.0 Å². The fourth-order valence-electron chi connectivity index (χ4n) is 11.5. The molecule has 0 nitrogen and oxygen atoms in total. The summed E-state index contributed by atoms with van der Waals surface area (Å²) >= 11 is 5.70. The fraction of sp³-hybridized carbons (Fsp3) is 0. The van der Waals surface area contributed by atoms with Crippen LogP contribution in [0.2, 0.25) is 0 Å². The van der Waals surface area contributed by atoms with Gasteiger partial charge < -0.3 is 0 Å². The summed E-state index contributed by atoms with van der Waals surface area (Å²) in [6, 6.07) is 82.1. The van der Waals surface area contributed by atoms with Crippen molar-refractivity contribution in [2.45, 2.75) is 0 Å². The van der Waals surface area contributed by atoms with Crippen LogP contribution in [0.5, 0.6) is 0 Å². The Kier molecular flexibility index (Phi) is 8.08. The van der Waals surface area contributed by atoms with Gasteiger partial charge in [-0.05, 0) is 112 Å². The lowest BCUT2D eigenvalue weighted by Gasteiger charge is -2.19. The minimum Gasteiger partial charge on any atom is -0.135 e. The molecule has 0 aliphatic carbocycles. The largest absolute Gasteiger partial charge is 0.135 e. The van der Waals surface area contributed by atoms with E-state index in [2.05, 4.69) is 218 Å². The van der Waals surface area contributed by atoms with E-state index in [1.54, 1.807) is 0 Å². The van der Waals surface area contributed by atoms with Gasteiger partial charge in [-0.2, -0.15) is 0 Å². The molecule has 0 bridgehead atoms. The van der Waals surface area contributed by atoms with Crippen LogP contribution in [0.4, 0.5) is 0 Å². The summed E-state index contributed by atoms with van der Waals surface area (Å²) in [5, 5.41) is 18.1. The molecule has 15 rings (SSSR count). The third-order valence-electron chi connectivity index (χ3n) is 14.3. The van der Waals surface area contributed by atoms with E-state index in [4.69, 9.17) is 0 Å². The molecule has 0 radical (unpaired) electrons. The number of thiophene rings is 3. The molecule has 67 heavy (non-hydrogen) atoms. The SMILES string of the molecule is c1ccc2c(c1)sc1cc(-c3c4ccccc4c(-c4cccc5c4sc4cccc(-c6c7ccccc7c(-c7ccc8c(c7)sc7ccccc78)c7ccccc67)c45)c4ccccc34)ccc12. The van der Waals surface area contributed by atoms with Gasteiger partial charge in [-0.1, -0.05) is 188 Å². The molecule has 0 atom stereocenters. The first-order chi connectivity index (χ1) is 33.2. The van der Waals surface area contributed by atoms with Gasteiger partial charge in [0.2, 0.25) is 0 Å². The highest BCUT2D eigenvalue weighted by atomic mass is 32.1. The van der Waals surface area contributed by atoms with Crippen LogP contribution in [0.1, 0.15) is 0 Å². The van der Waals surface area contributed by atoms with Crippen LogP contribution in [0.15, 0.2) is 218 Å². The van der Waals surface area contributed by atoms with Crippen LogP contribution in [0.25, 0.3) is 148 Å². The zero-order chi connectivity index (χ0) is 43.7. The average molecular weight is 901 g/mol. The van der Waals surface area contributed by atoms with Crippen molar-refractivity contribution in [2.75, 3.05) is 0 Å². The predicted octanol–water partition coefficient (Wildman–Crippen LogP) is 20.1. The van der Waals surface area contributed by atoms with Crippen molar-refractivity contribution in [2.24, 2.45) is 0 Å². The second-order valence-corrected chi connectivity index (χ2v) is 21.0. The first kappa shape index (κ1) is 37.5. The van der Waals surface area contributed by atoms with Crippen LogP contribution < -0.4 is 0 Å². The summed E-state index contributed by atoms with van der Waals surface area (Å²) in [5.41, 5.74) is 10.3. The van der Waals surface area contributed by atoms with E-state index in [1.807, 2.05) is 34.0 Å². The van der Waals surface area contributed by atoms with E-state index < -0.39 is 0 Å². The fourth-order valence-corrected chi connectivity index (χ4v) is 15.0. The first-order valence-electron chi connectivity index (χ1n) is 22.9. The van der Waals surface area contributed by atoms with Crippen LogP contribution in [-0.4, -0.2) is 0 Å². The van der Waals surface area contributed by atoms with Crippen molar-refractivity contribution in [3.8, 4) is 44.5 Å². The monoisotopic (exact) mass is 900 g/mol. The van der Waals surface area contributed by atoms with Crippen LogP contribution in [0.3, 0.4) is 0 Å². The van der Waals surface area contributed by atoms with Gasteiger partial charge in [0.05, 0.1) is 0 Å². The van der Waals surface area contributed by atoms with Crippen molar-refractivity contribution in [1.29, 1.82) is 0 Å². The number of hydrogen-bond donors (Lipinski definition) is 0. The quantitative estimate of drug-likeness (QED) is 0.154. The maximum absolute atomic E-state index is 2.42. The zero-order valence-corrected chi connectivity index (χ0v) is 38.5. The van der Waals surface area contributed by atoms with E-state index in [-0.39, 0.29) is 0 Å². The highest BCUT2D eigenvalue weighted by Crippen LogP contribution is 2.52. The molecule has 0 spiro atoms. The lowest BCUT2D eigenvalue weighted by atomic mass is 9.84. The Morgan fingerprint density at radius 3 is 1.03 bits per heavy atom. The maximum Gasteiger partial charge on any atom is 0.0434 e. The lowest BCUT2D eigenvalue weighted by Crippen LogP contribution is -1.91. The van der Waals surface area contributed by atoms with Crippen LogP contribution in [0, 0.1) is 0 Å². The van der Waals surface area contributed by atoms with E-state index >= 15 is 0 Å². The summed E-state index contributed by atoms with van der Waals surface area (Å²) in [4.78, 5) is 0. The third-order valence-corrected chi connectivity index (χ3v) is 17.7. The molecule has 15 aromatic rings. The van der Waals surface area contributed by atoms with Gasteiger partial charge >= 0.3 is 0 Å². The Balaban J connectivity index is 0.969. The van der Waals surface area contributed by atoms with Gasteiger partial charge in [0, 0.05) is 66.1 Å². The van der Waals surface area contributed by atoms with Crippen molar-refractivity contribution < 1.29 is 0 Å². The molecular weight excluding hydrogens is 865 g/mol. The normalized spacial score (nSPS) is 12.2. The topological polar surface area (TPSA) is 0 Å². The molecule has 0 amide bonds. The Morgan fingerprint density at radius 1 is 0.209 bits per heavy atom. The molecule has 3 heterocycles. The molecule has 3 heteroatoms. The summed E-state index contributed by atoms with van der Waals surface area (Å²) < 4.78 is 7.93. The highest BCUT2D eigenvalue weighted by Gasteiger charge is 2.23. The van der Waals surface area contributed by atoms with Crippen molar-refractivity contribution in [1.82, 2.24) is 0 Å². The van der Waals surface area contributed by atoms with Gasteiger partial charge in [0.25, 0.3) is 0 Å². The number of rotatable bonds is 4. The molecule has 0 saturated heterocycles. The van der Waals surface area contributed by atoms with Gasteiger partial charge in [0.1, 0.15) is 0 Å². The smallest absolute Gasteiger partial charge is 0.0434 e. The summed E-state index contributed by atoms with van der Waals surface area (Å²) in [5.74, 6) is 0. The Morgan fingerprint density at radius 2 is 0.552 bits per heavy atom. The molecule has 0 saturated carbocycles. The van der Waals surface area contributed by atoms with E-state index in [0.29, 0.717) is 0 Å². The molecule has 0 fully saturated rings. The number of benzene rings is 12. The van der Waals surface area contributed by atoms with E-state index in [9.17, 15) is 0 Å². The van der Waals surface area contributed by atoms with Crippen molar-refractivity contribution in [3.05, 3.63) is 218 Å². The second-order valence-electron chi connectivity index (χ2n) is 17.8. The Bertz CT molecular complexity index is 4460. The first-order valence-corrected chi connectivity index (χ1v) is 25.4. The molecule has 0 aliphatic rings. The van der Waals surface area contributed by atoms with Gasteiger partial charge in [0.15, 0.2) is 0 Å². The summed E-state index contributed by atoms with van der Waals surface area (Å²) in [6.45, 7) is 0. The molecule has 310 valence electrons. The highest BCUT2D eigenvalue weighted by molar-refractivity contribution is 7.27. The second kappa shape index (κ2) is 14.4. The van der Waals surface area contributed by atoms with Gasteiger partial charge in [-0.25, -0.2) is 0 Å². The average Bonchev–Trinajstić information content (AvgIpc) is 4.08. The number of fused-ring (bicyclic) bond motifs is 13. The molecule has 3 aromatic heterocycles. The third kappa shape index (κ3) is 5.45. The zero-order valence-electron chi connectivity index (χ0n) is 36.0. The van der Waals surface area contributed by atoms with Crippen molar-refractivity contribution >= 4 is 138 Å². The summed E-state index contributed by atoms with van der Waals surface area (Å²) in [6.07, 6.45) is 0. The standard InChI is InChI=1S/C64H36S3/c1-5-21-47-43(17-1)59(37-31-33-41-39-15-9-11-28-54(39)65-57(41)35-37)44-18-2-6-22-48(44)61(47)51-25-14-30-56-63(51)53-27-13-26-52(64(53)67-56)62-49-23-7-3-19-45(49)60(46-20-4-8-24-50(46)62)38-32-34-42-40-16-10-12-29-55(40)66-58(42)36-38/h1-36H. The summed E-state index contributed by atoms with van der Waals surface area (Å²) in [7, 11) is 0. The molecule has 0 unspecified atom stereocenters. The van der Waals surface area contributed by atoms with Crippen LogP contribution in [-0.2, 0) is 0 Å². The molecule has 0 aliphatic heterocycles. The lowest BCUT2D eigenvalue weighted by molar-refractivity contribution is 1.70. The number of hydrogen-bond acceptors (Lipinski definition) is 3. The Hall–Kier alpha value is -7.66. The molecule has 0 N–H and O–H groups in total.